The Bertz CT molecular complexity index is 495. The molecule has 0 spiro atoms. The monoisotopic (exact) mass is 265 g/mol. The third kappa shape index (κ3) is 3.09. The number of alkyl halides is 1. The van der Waals surface area contributed by atoms with Crippen molar-refractivity contribution in [2.24, 2.45) is 0 Å². The molecule has 1 N–H and O–H groups in total. The Labute approximate surface area is 111 Å². The summed E-state index contributed by atoms with van der Waals surface area (Å²) in [4.78, 5) is 8.52. The molecule has 18 heavy (non-hydrogen) atoms. The Hall–Kier alpha value is -1.39. The van der Waals surface area contributed by atoms with Crippen molar-refractivity contribution in [1.29, 1.82) is 0 Å². The average molecular weight is 266 g/mol. The maximum Gasteiger partial charge on any atom is 0.137 e. The van der Waals surface area contributed by atoms with Crippen LogP contribution in [0.5, 0.6) is 0 Å². The van der Waals surface area contributed by atoms with Gasteiger partial charge in [0.2, 0.25) is 0 Å². The highest BCUT2D eigenvalue weighted by molar-refractivity contribution is 6.17. The van der Waals surface area contributed by atoms with Crippen molar-refractivity contribution in [3.8, 4) is 0 Å². The molecule has 0 radical (unpaired) electrons. The average Bonchev–Trinajstić information content (AvgIpc) is 2.40. The Morgan fingerprint density at radius 2 is 2.17 bits per heavy atom. The van der Waals surface area contributed by atoms with E-state index in [2.05, 4.69) is 15.3 Å². The summed E-state index contributed by atoms with van der Waals surface area (Å²) in [6.07, 6.45) is 2.39. The molecule has 4 nitrogen and oxygen atoms in total. The summed E-state index contributed by atoms with van der Waals surface area (Å²) in [7, 11) is 1.68. The zero-order valence-electron chi connectivity index (χ0n) is 10.3. The van der Waals surface area contributed by atoms with Crippen LogP contribution < -0.4 is 5.32 Å². The van der Waals surface area contributed by atoms with Crippen molar-refractivity contribution in [3.05, 3.63) is 30.6 Å². The zero-order valence-corrected chi connectivity index (χ0v) is 11.0. The van der Waals surface area contributed by atoms with Gasteiger partial charge in [0.15, 0.2) is 0 Å². The molecule has 0 fully saturated rings. The summed E-state index contributed by atoms with van der Waals surface area (Å²) >= 11 is 5.79. The SMILES string of the molecule is COCC(CCCl)Nc1ncnc2ccccc12. The molecule has 1 atom stereocenters. The van der Waals surface area contributed by atoms with E-state index in [0.717, 1.165) is 23.1 Å². The van der Waals surface area contributed by atoms with Crippen LogP contribution in [0.1, 0.15) is 6.42 Å². The molecule has 5 heteroatoms. The highest BCUT2D eigenvalue weighted by Crippen LogP contribution is 2.19. The maximum absolute atomic E-state index is 5.79. The number of fused-ring (bicyclic) bond motifs is 1. The minimum absolute atomic E-state index is 0.158. The molecule has 1 heterocycles. The van der Waals surface area contributed by atoms with E-state index in [1.165, 1.54) is 0 Å². The van der Waals surface area contributed by atoms with Crippen molar-refractivity contribution in [2.45, 2.75) is 12.5 Å². The van der Waals surface area contributed by atoms with Gasteiger partial charge >= 0.3 is 0 Å². The number of nitrogens with zero attached hydrogens (tertiary/aromatic N) is 2. The van der Waals surface area contributed by atoms with Crippen molar-refractivity contribution < 1.29 is 4.74 Å². The number of nitrogens with one attached hydrogen (secondary N) is 1. The Morgan fingerprint density at radius 3 is 2.94 bits per heavy atom. The van der Waals surface area contributed by atoms with E-state index in [1.807, 2.05) is 24.3 Å². The zero-order chi connectivity index (χ0) is 12.8. The highest BCUT2D eigenvalue weighted by Gasteiger charge is 2.10. The molecule has 0 aliphatic heterocycles. The number of halogens is 1. The smallest absolute Gasteiger partial charge is 0.137 e. The van der Waals surface area contributed by atoms with Gasteiger partial charge in [-0.25, -0.2) is 9.97 Å². The molecule has 0 aliphatic rings. The number of para-hydroxylation sites is 1. The molecule has 0 saturated heterocycles. The lowest BCUT2D eigenvalue weighted by molar-refractivity contribution is 0.184. The second-order valence-electron chi connectivity index (χ2n) is 4.01. The van der Waals surface area contributed by atoms with Gasteiger partial charge in [0.05, 0.1) is 18.2 Å². The third-order valence-electron chi connectivity index (χ3n) is 2.71. The molecule has 0 bridgehead atoms. The number of hydrogen-bond acceptors (Lipinski definition) is 4. The molecule has 2 aromatic rings. The number of anilines is 1. The van der Waals surface area contributed by atoms with Crippen molar-refractivity contribution >= 4 is 28.3 Å². The van der Waals surface area contributed by atoms with Crippen LogP contribution in [0.3, 0.4) is 0 Å². The Kier molecular flexibility index (Phi) is 4.73. The molecule has 1 unspecified atom stereocenters. The summed E-state index contributed by atoms with van der Waals surface area (Å²) in [5.74, 6) is 1.41. The minimum Gasteiger partial charge on any atom is -0.383 e. The second-order valence-corrected chi connectivity index (χ2v) is 4.39. The Morgan fingerprint density at radius 1 is 1.33 bits per heavy atom. The minimum atomic E-state index is 0.158. The van der Waals surface area contributed by atoms with E-state index in [4.69, 9.17) is 16.3 Å². The number of benzene rings is 1. The van der Waals surface area contributed by atoms with Crippen LogP contribution in [0.4, 0.5) is 5.82 Å². The van der Waals surface area contributed by atoms with Gasteiger partial charge in [-0.15, -0.1) is 11.6 Å². The molecule has 0 aliphatic carbocycles. The first kappa shape index (κ1) is 13.1. The van der Waals surface area contributed by atoms with Crippen LogP contribution in [0.15, 0.2) is 30.6 Å². The molecule has 0 saturated carbocycles. The van der Waals surface area contributed by atoms with E-state index in [1.54, 1.807) is 13.4 Å². The van der Waals surface area contributed by atoms with E-state index in [9.17, 15) is 0 Å². The fourth-order valence-electron chi connectivity index (χ4n) is 1.84. The lowest BCUT2D eigenvalue weighted by atomic mass is 10.2. The molecule has 2 rings (SSSR count). The molecule has 96 valence electrons. The number of methoxy groups -OCH3 is 1. The number of rotatable bonds is 6. The number of aromatic nitrogens is 2. The maximum atomic E-state index is 5.79. The highest BCUT2D eigenvalue weighted by atomic mass is 35.5. The summed E-state index contributed by atoms with van der Waals surface area (Å²) in [6.45, 7) is 0.602. The fourth-order valence-corrected chi connectivity index (χ4v) is 2.11. The summed E-state index contributed by atoms with van der Waals surface area (Å²) in [6, 6.07) is 8.07. The predicted molar refractivity (Wildman–Crippen MR) is 74.2 cm³/mol. The summed E-state index contributed by atoms with van der Waals surface area (Å²) < 4.78 is 5.18. The van der Waals surface area contributed by atoms with Crippen molar-refractivity contribution in [3.63, 3.8) is 0 Å². The molecule has 1 aromatic carbocycles. The van der Waals surface area contributed by atoms with Crippen LogP contribution in [0, 0.1) is 0 Å². The van der Waals surface area contributed by atoms with E-state index in [-0.39, 0.29) is 6.04 Å². The van der Waals surface area contributed by atoms with Gasteiger partial charge in [0.1, 0.15) is 12.1 Å². The van der Waals surface area contributed by atoms with Crippen LogP contribution in [0.2, 0.25) is 0 Å². The van der Waals surface area contributed by atoms with Crippen LogP contribution in [-0.2, 0) is 4.74 Å². The van der Waals surface area contributed by atoms with Crippen LogP contribution >= 0.6 is 11.6 Å². The second kappa shape index (κ2) is 6.52. The van der Waals surface area contributed by atoms with E-state index < -0.39 is 0 Å². The van der Waals surface area contributed by atoms with Gasteiger partial charge in [-0.1, -0.05) is 12.1 Å². The van der Waals surface area contributed by atoms with Gasteiger partial charge in [-0.05, 0) is 18.6 Å². The number of hydrogen-bond donors (Lipinski definition) is 1. The van der Waals surface area contributed by atoms with Crippen LogP contribution in [0.25, 0.3) is 10.9 Å². The largest absolute Gasteiger partial charge is 0.383 e. The molecular formula is C13H16ClN3O. The van der Waals surface area contributed by atoms with Gasteiger partial charge in [-0.3, -0.25) is 0 Å². The summed E-state index contributed by atoms with van der Waals surface area (Å²) in [5, 5.41) is 4.37. The van der Waals surface area contributed by atoms with Gasteiger partial charge in [0, 0.05) is 18.4 Å². The third-order valence-corrected chi connectivity index (χ3v) is 2.93. The lowest BCUT2D eigenvalue weighted by Crippen LogP contribution is -2.26. The van der Waals surface area contributed by atoms with Crippen molar-refractivity contribution in [2.75, 3.05) is 24.9 Å². The van der Waals surface area contributed by atoms with Gasteiger partial charge in [0.25, 0.3) is 0 Å². The topological polar surface area (TPSA) is 47.0 Å². The first-order chi connectivity index (χ1) is 8.85. The Balaban J connectivity index is 2.24. The molecule has 0 amide bonds. The fraction of sp³-hybridized carbons (Fsp3) is 0.385. The lowest BCUT2D eigenvalue weighted by Gasteiger charge is -2.18. The summed E-state index contributed by atoms with van der Waals surface area (Å²) in [5.41, 5.74) is 0.928. The van der Waals surface area contributed by atoms with Gasteiger partial charge in [-0.2, -0.15) is 0 Å². The normalized spacial score (nSPS) is 12.6. The molecular weight excluding hydrogens is 250 g/mol. The first-order valence-electron chi connectivity index (χ1n) is 5.86. The van der Waals surface area contributed by atoms with Crippen LogP contribution in [-0.4, -0.2) is 35.6 Å². The quantitative estimate of drug-likeness (QED) is 0.816. The van der Waals surface area contributed by atoms with E-state index in [0.29, 0.717) is 12.5 Å². The molecule has 1 aromatic heterocycles. The first-order valence-corrected chi connectivity index (χ1v) is 6.39. The van der Waals surface area contributed by atoms with E-state index >= 15 is 0 Å². The standard InChI is InChI=1S/C13H16ClN3O/c1-18-8-10(6-7-14)17-13-11-4-2-3-5-12(11)15-9-16-13/h2-5,9-10H,6-8H2,1H3,(H,15,16,17). The number of ether oxygens (including phenoxy) is 1. The van der Waals surface area contributed by atoms with Crippen molar-refractivity contribution in [1.82, 2.24) is 9.97 Å². The van der Waals surface area contributed by atoms with Gasteiger partial charge < -0.3 is 10.1 Å². The predicted octanol–water partition coefficient (Wildman–Crippen LogP) is 2.69.